The SMILES string of the molecule is COc1ccc(N(c2ccc(OC)cc2)c2ccc3c(c2)C(C)(C)C2=C3C(C)(C)c3cc(N(c4ccc(OC)cc4)c4ccc(OC)cc4)ccc32)cc1. The van der Waals surface area contributed by atoms with Gasteiger partial charge in [-0.15, -0.1) is 0 Å². The molecule has 0 saturated heterocycles. The molecule has 8 rings (SSSR count). The van der Waals surface area contributed by atoms with E-state index in [2.05, 4.69) is 122 Å². The van der Waals surface area contributed by atoms with E-state index in [0.717, 1.165) is 57.1 Å². The van der Waals surface area contributed by atoms with E-state index < -0.39 is 0 Å². The highest BCUT2D eigenvalue weighted by molar-refractivity contribution is 6.10. The summed E-state index contributed by atoms with van der Waals surface area (Å²) in [5.41, 5.74) is 14.0. The van der Waals surface area contributed by atoms with Gasteiger partial charge < -0.3 is 28.7 Å². The molecule has 272 valence electrons. The molecule has 0 radical (unpaired) electrons. The van der Waals surface area contributed by atoms with Gasteiger partial charge in [0.15, 0.2) is 0 Å². The van der Waals surface area contributed by atoms with Gasteiger partial charge in [0, 0.05) is 45.0 Å². The van der Waals surface area contributed by atoms with Crippen LogP contribution in [0.15, 0.2) is 133 Å². The molecule has 2 aliphatic carbocycles. The zero-order valence-corrected chi connectivity index (χ0v) is 32.2. The third-order valence-corrected chi connectivity index (χ3v) is 11.2. The predicted octanol–water partition coefficient (Wildman–Crippen LogP) is 12.2. The molecule has 54 heavy (non-hydrogen) atoms. The minimum Gasteiger partial charge on any atom is -0.497 e. The first kappa shape index (κ1) is 34.9. The van der Waals surface area contributed by atoms with Crippen LogP contribution in [0, 0.1) is 0 Å². The van der Waals surface area contributed by atoms with Gasteiger partial charge >= 0.3 is 0 Å². The van der Waals surface area contributed by atoms with E-state index in [1.807, 2.05) is 48.5 Å². The molecule has 0 bridgehead atoms. The van der Waals surface area contributed by atoms with Gasteiger partial charge in [-0.25, -0.2) is 0 Å². The van der Waals surface area contributed by atoms with Gasteiger partial charge in [-0.3, -0.25) is 0 Å². The summed E-state index contributed by atoms with van der Waals surface area (Å²) in [6, 6.07) is 46.9. The molecular weight excluding hydrogens is 669 g/mol. The van der Waals surface area contributed by atoms with Crippen LogP contribution >= 0.6 is 0 Å². The van der Waals surface area contributed by atoms with Crippen molar-refractivity contribution in [1.82, 2.24) is 0 Å². The van der Waals surface area contributed by atoms with E-state index in [0.29, 0.717) is 0 Å². The lowest BCUT2D eigenvalue weighted by molar-refractivity contribution is 0.414. The van der Waals surface area contributed by atoms with Crippen molar-refractivity contribution in [2.45, 2.75) is 38.5 Å². The van der Waals surface area contributed by atoms with Gasteiger partial charge in [-0.1, -0.05) is 39.8 Å². The van der Waals surface area contributed by atoms with Crippen molar-refractivity contribution in [3.63, 3.8) is 0 Å². The zero-order valence-electron chi connectivity index (χ0n) is 32.2. The van der Waals surface area contributed by atoms with Gasteiger partial charge in [-0.2, -0.15) is 0 Å². The number of hydrogen-bond donors (Lipinski definition) is 0. The van der Waals surface area contributed by atoms with Crippen molar-refractivity contribution in [1.29, 1.82) is 0 Å². The van der Waals surface area contributed by atoms with Crippen LogP contribution in [-0.4, -0.2) is 28.4 Å². The Morgan fingerprint density at radius 1 is 0.333 bits per heavy atom. The van der Waals surface area contributed by atoms with Crippen molar-refractivity contribution >= 4 is 45.3 Å². The smallest absolute Gasteiger partial charge is 0.119 e. The maximum Gasteiger partial charge on any atom is 0.119 e. The Balaban J connectivity index is 1.21. The van der Waals surface area contributed by atoms with Crippen LogP contribution in [0.1, 0.15) is 49.9 Å². The number of rotatable bonds is 10. The maximum atomic E-state index is 5.50. The summed E-state index contributed by atoms with van der Waals surface area (Å²) >= 11 is 0. The second kappa shape index (κ2) is 13.4. The first-order valence-electron chi connectivity index (χ1n) is 18.3. The van der Waals surface area contributed by atoms with Crippen LogP contribution in [0.25, 0.3) is 11.1 Å². The highest BCUT2D eigenvalue weighted by Crippen LogP contribution is 2.63. The number of allylic oxidation sites excluding steroid dienone is 2. The normalized spacial score (nSPS) is 14.5. The third kappa shape index (κ3) is 5.65. The van der Waals surface area contributed by atoms with Crippen molar-refractivity contribution in [2.75, 3.05) is 38.2 Å². The maximum absolute atomic E-state index is 5.50. The Hall–Kier alpha value is -6.14. The lowest BCUT2D eigenvalue weighted by Crippen LogP contribution is -2.21. The number of benzene rings is 6. The zero-order chi connectivity index (χ0) is 37.8. The van der Waals surface area contributed by atoms with Crippen LogP contribution < -0.4 is 28.7 Å². The van der Waals surface area contributed by atoms with Gasteiger partial charge in [0.05, 0.1) is 28.4 Å². The number of anilines is 6. The topological polar surface area (TPSA) is 43.4 Å². The molecule has 6 aromatic carbocycles. The minimum atomic E-state index is -0.234. The molecule has 6 nitrogen and oxygen atoms in total. The number of ether oxygens (including phenoxy) is 4. The van der Waals surface area contributed by atoms with Crippen molar-refractivity contribution in [2.24, 2.45) is 0 Å². The fraction of sp³-hybridized carbons (Fsp3) is 0.208. The molecule has 0 unspecified atom stereocenters. The second-order valence-electron chi connectivity index (χ2n) is 14.9. The molecule has 2 aliphatic rings. The highest BCUT2D eigenvalue weighted by atomic mass is 16.5. The van der Waals surface area contributed by atoms with E-state index >= 15 is 0 Å². The standard InChI is InChI=1S/C48H46N2O4/c1-47(2)43-29-35(49(31-9-19-37(51-5)20-10-31)32-11-21-38(52-6)22-12-32)17-27-41(43)46-45(47)42-28-18-36(30-44(42)48(46,3)4)50(33-13-23-39(53-7)24-14-33)34-15-25-40(54-8)26-16-34/h9-30H,1-8H3. The summed E-state index contributed by atoms with van der Waals surface area (Å²) in [5.74, 6) is 3.29. The molecule has 0 atom stereocenters. The molecule has 6 heteroatoms. The van der Waals surface area contributed by atoms with Crippen LogP contribution in [-0.2, 0) is 10.8 Å². The summed E-state index contributed by atoms with van der Waals surface area (Å²) < 4.78 is 22.0. The molecule has 0 saturated carbocycles. The first-order chi connectivity index (χ1) is 26.1. The van der Waals surface area contributed by atoms with E-state index in [4.69, 9.17) is 18.9 Å². The van der Waals surface area contributed by atoms with Gasteiger partial charge in [0.1, 0.15) is 23.0 Å². The predicted molar refractivity (Wildman–Crippen MR) is 221 cm³/mol. The highest BCUT2D eigenvalue weighted by Gasteiger charge is 2.50. The molecular formula is C48H46N2O4. The lowest BCUT2D eigenvalue weighted by Gasteiger charge is -2.32. The molecule has 0 heterocycles. The van der Waals surface area contributed by atoms with E-state index in [1.165, 1.54) is 33.4 Å². The van der Waals surface area contributed by atoms with Gasteiger partial charge in [0.25, 0.3) is 0 Å². The summed E-state index contributed by atoms with van der Waals surface area (Å²) in [6.07, 6.45) is 0. The van der Waals surface area contributed by atoms with Crippen LogP contribution in [0.4, 0.5) is 34.1 Å². The van der Waals surface area contributed by atoms with E-state index in [-0.39, 0.29) is 10.8 Å². The fourth-order valence-electron chi connectivity index (χ4n) is 8.47. The van der Waals surface area contributed by atoms with E-state index in [9.17, 15) is 0 Å². The summed E-state index contributed by atoms with van der Waals surface area (Å²) in [4.78, 5) is 4.61. The van der Waals surface area contributed by atoms with Crippen LogP contribution in [0.5, 0.6) is 23.0 Å². The Morgan fingerprint density at radius 2 is 0.574 bits per heavy atom. The Labute approximate surface area is 318 Å². The monoisotopic (exact) mass is 714 g/mol. The molecule has 0 spiro atoms. The Morgan fingerprint density at radius 3 is 0.815 bits per heavy atom. The number of fused-ring (bicyclic) bond motifs is 4. The fourth-order valence-corrected chi connectivity index (χ4v) is 8.47. The van der Waals surface area contributed by atoms with Crippen LogP contribution in [0.2, 0.25) is 0 Å². The van der Waals surface area contributed by atoms with E-state index in [1.54, 1.807) is 28.4 Å². The molecule has 6 aromatic rings. The second-order valence-corrected chi connectivity index (χ2v) is 14.9. The number of nitrogens with zero attached hydrogens (tertiary/aromatic N) is 2. The first-order valence-corrected chi connectivity index (χ1v) is 18.3. The molecule has 0 N–H and O–H groups in total. The average molecular weight is 715 g/mol. The minimum absolute atomic E-state index is 0.234. The number of methoxy groups -OCH3 is 4. The van der Waals surface area contributed by atoms with Crippen molar-refractivity contribution in [3.8, 4) is 23.0 Å². The quantitative estimate of drug-likeness (QED) is 0.141. The summed E-state index contributed by atoms with van der Waals surface area (Å²) in [6.45, 7) is 9.51. The molecule has 0 amide bonds. The number of hydrogen-bond acceptors (Lipinski definition) is 6. The van der Waals surface area contributed by atoms with Gasteiger partial charge in [0.2, 0.25) is 0 Å². The molecule has 0 fully saturated rings. The largest absolute Gasteiger partial charge is 0.497 e. The summed E-state index contributed by atoms with van der Waals surface area (Å²) in [5, 5.41) is 0. The average Bonchev–Trinajstić information content (AvgIpc) is 3.60. The molecule has 0 aliphatic heterocycles. The summed E-state index contributed by atoms with van der Waals surface area (Å²) in [7, 11) is 6.79. The van der Waals surface area contributed by atoms with Crippen molar-refractivity contribution < 1.29 is 18.9 Å². The Kier molecular flexibility index (Phi) is 8.64. The Bertz CT molecular complexity index is 2090. The third-order valence-electron chi connectivity index (χ3n) is 11.2. The lowest BCUT2D eigenvalue weighted by atomic mass is 9.75. The van der Waals surface area contributed by atoms with Gasteiger partial charge in [-0.05, 0) is 155 Å². The van der Waals surface area contributed by atoms with Crippen molar-refractivity contribution in [3.05, 3.63) is 156 Å². The van der Waals surface area contributed by atoms with Crippen LogP contribution in [0.3, 0.4) is 0 Å². The molecule has 0 aromatic heterocycles.